The van der Waals surface area contributed by atoms with Crippen molar-refractivity contribution in [3.05, 3.63) is 12.4 Å². The first-order valence-corrected chi connectivity index (χ1v) is 8.30. The lowest BCUT2D eigenvalue weighted by Crippen LogP contribution is -2.42. The van der Waals surface area contributed by atoms with E-state index >= 15 is 0 Å². The van der Waals surface area contributed by atoms with E-state index in [-0.39, 0.29) is 10.8 Å². The van der Waals surface area contributed by atoms with Gasteiger partial charge in [-0.2, -0.15) is 0 Å². The minimum Gasteiger partial charge on any atom is -0.297 e. The van der Waals surface area contributed by atoms with E-state index < -0.39 is 10.0 Å². The van der Waals surface area contributed by atoms with Gasteiger partial charge in [0.2, 0.25) is 16.0 Å². The topological polar surface area (TPSA) is 113 Å². The molecule has 120 valence electrons. The monoisotopic (exact) mass is 316 g/mol. The number of hydrogen-bond acceptors (Lipinski definition) is 7. The van der Waals surface area contributed by atoms with Crippen LogP contribution in [0.2, 0.25) is 0 Å². The summed E-state index contributed by atoms with van der Waals surface area (Å²) in [4.78, 5) is 9.80. The number of nitrogens with two attached hydrogens (primary N) is 1. The summed E-state index contributed by atoms with van der Waals surface area (Å²) in [5.41, 5.74) is 2.24. The van der Waals surface area contributed by atoms with Crippen molar-refractivity contribution in [3.8, 4) is 0 Å². The molecule has 0 aliphatic rings. The Morgan fingerprint density at radius 3 is 2.14 bits per heavy atom. The number of hydrogen-bond donors (Lipinski definition) is 3. The fraction of sp³-hybridized carbons (Fsp3) is 0.667. The van der Waals surface area contributed by atoms with Gasteiger partial charge in [-0.05, 0) is 27.7 Å². The van der Waals surface area contributed by atoms with E-state index in [0.29, 0.717) is 25.2 Å². The third-order valence-corrected chi connectivity index (χ3v) is 4.47. The zero-order valence-corrected chi connectivity index (χ0v) is 13.7. The SMILES string of the molecule is CC(C)N(CCNS(=O)(=O)c1cnc(NN)nc1)C(C)C. The van der Waals surface area contributed by atoms with E-state index in [9.17, 15) is 8.42 Å². The van der Waals surface area contributed by atoms with Crippen LogP contribution in [0.1, 0.15) is 27.7 Å². The van der Waals surface area contributed by atoms with Crippen molar-refractivity contribution in [3.63, 3.8) is 0 Å². The summed E-state index contributed by atoms with van der Waals surface area (Å²) in [6.45, 7) is 9.30. The second-order valence-corrected chi connectivity index (χ2v) is 6.98. The van der Waals surface area contributed by atoms with Crippen molar-refractivity contribution in [2.45, 2.75) is 44.7 Å². The molecule has 1 aromatic heterocycles. The predicted molar refractivity (Wildman–Crippen MR) is 82.0 cm³/mol. The molecule has 0 aromatic carbocycles. The molecule has 0 fully saturated rings. The molecule has 0 saturated heterocycles. The lowest BCUT2D eigenvalue weighted by molar-refractivity contribution is 0.179. The average Bonchev–Trinajstić information content (AvgIpc) is 2.42. The first kappa shape index (κ1) is 17.8. The van der Waals surface area contributed by atoms with Gasteiger partial charge >= 0.3 is 0 Å². The highest BCUT2D eigenvalue weighted by atomic mass is 32.2. The number of anilines is 1. The molecule has 0 atom stereocenters. The summed E-state index contributed by atoms with van der Waals surface area (Å²) >= 11 is 0. The van der Waals surface area contributed by atoms with Gasteiger partial charge in [0.1, 0.15) is 4.90 Å². The van der Waals surface area contributed by atoms with Crippen LogP contribution in [0.15, 0.2) is 17.3 Å². The summed E-state index contributed by atoms with van der Waals surface area (Å²) in [5, 5.41) is 0. The molecule has 9 heteroatoms. The third-order valence-electron chi connectivity index (χ3n) is 3.06. The maximum atomic E-state index is 12.1. The van der Waals surface area contributed by atoms with E-state index in [2.05, 4.69) is 52.7 Å². The smallest absolute Gasteiger partial charge is 0.243 e. The molecule has 1 rings (SSSR count). The first-order valence-electron chi connectivity index (χ1n) is 6.82. The van der Waals surface area contributed by atoms with Crippen LogP contribution in [-0.2, 0) is 10.0 Å². The Morgan fingerprint density at radius 2 is 1.71 bits per heavy atom. The van der Waals surface area contributed by atoms with Crippen molar-refractivity contribution in [1.29, 1.82) is 0 Å². The van der Waals surface area contributed by atoms with Crippen molar-refractivity contribution in [2.75, 3.05) is 18.5 Å². The van der Waals surface area contributed by atoms with Crippen molar-refractivity contribution in [1.82, 2.24) is 19.6 Å². The minimum absolute atomic E-state index is 0.0159. The molecule has 8 nitrogen and oxygen atoms in total. The predicted octanol–water partition coefficient (Wildman–Crippen LogP) is 0.159. The normalized spacial score (nSPS) is 12.4. The molecule has 0 aliphatic carbocycles. The fourth-order valence-electron chi connectivity index (χ4n) is 2.03. The van der Waals surface area contributed by atoms with Crippen LogP contribution < -0.4 is 16.0 Å². The van der Waals surface area contributed by atoms with Crippen LogP contribution in [0, 0.1) is 0 Å². The first-order chi connectivity index (χ1) is 9.77. The van der Waals surface area contributed by atoms with Crippen LogP contribution >= 0.6 is 0 Å². The van der Waals surface area contributed by atoms with Gasteiger partial charge in [0.15, 0.2) is 0 Å². The Labute approximate surface area is 126 Å². The molecule has 1 aromatic rings. The molecule has 4 N–H and O–H groups in total. The summed E-state index contributed by atoms with van der Waals surface area (Å²) < 4.78 is 26.7. The Balaban J connectivity index is 2.64. The molecule has 0 unspecified atom stereocenters. The highest BCUT2D eigenvalue weighted by Crippen LogP contribution is 2.07. The van der Waals surface area contributed by atoms with E-state index in [1.807, 2.05) is 0 Å². The van der Waals surface area contributed by atoms with Crippen molar-refractivity contribution < 1.29 is 8.42 Å². The molecule has 0 spiro atoms. The fourth-order valence-corrected chi connectivity index (χ4v) is 2.94. The Hall–Kier alpha value is -1.29. The summed E-state index contributed by atoms with van der Waals surface area (Å²) in [6, 6.07) is 0.709. The van der Waals surface area contributed by atoms with E-state index in [0.717, 1.165) is 0 Å². The molecule has 0 radical (unpaired) electrons. The van der Waals surface area contributed by atoms with Crippen molar-refractivity contribution in [2.24, 2.45) is 5.84 Å². The molecule has 0 amide bonds. The molecule has 0 saturated carbocycles. The number of nitrogens with zero attached hydrogens (tertiary/aromatic N) is 3. The van der Waals surface area contributed by atoms with Crippen LogP contribution in [0.5, 0.6) is 0 Å². The Morgan fingerprint density at radius 1 is 1.19 bits per heavy atom. The van der Waals surface area contributed by atoms with Gasteiger partial charge in [-0.25, -0.2) is 29.0 Å². The minimum atomic E-state index is -3.60. The summed E-state index contributed by atoms with van der Waals surface area (Å²) in [7, 11) is -3.60. The van der Waals surface area contributed by atoms with E-state index in [1.165, 1.54) is 12.4 Å². The number of nitrogens with one attached hydrogen (secondary N) is 2. The zero-order valence-electron chi connectivity index (χ0n) is 12.9. The van der Waals surface area contributed by atoms with Crippen LogP contribution in [0.3, 0.4) is 0 Å². The lowest BCUT2D eigenvalue weighted by atomic mass is 10.2. The second-order valence-electron chi connectivity index (χ2n) is 5.21. The van der Waals surface area contributed by atoms with Gasteiger partial charge in [0.25, 0.3) is 0 Å². The average molecular weight is 316 g/mol. The highest BCUT2D eigenvalue weighted by molar-refractivity contribution is 7.89. The zero-order chi connectivity index (χ0) is 16.0. The van der Waals surface area contributed by atoms with Gasteiger partial charge < -0.3 is 0 Å². The molecule has 0 bridgehead atoms. The van der Waals surface area contributed by atoms with Crippen LogP contribution in [-0.4, -0.2) is 48.5 Å². The van der Waals surface area contributed by atoms with Crippen molar-refractivity contribution >= 4 is 16.0 Å². The number of hydrazine groups is 1. The molecule has 1 heterocycles. The Bertz CT molecular complexity index is 521. The molecule has 0 aliphatic heterocycles. The van der Waals surface area contributed by atoms with Gasteiger partial charge in [0.05, 0.1) is 12.4 Å². The third kappa shape index (κ3) is 5.20. The van der Waals surface area contributed by atoms with Crippen LogP contribution in [0.25, 0.3) is 0 Å². The number of rotatable bonds is 8. The van der Waals surface area contributed by atoms with Gasteiger partial charge in [-0.1, -0.05) is 0 Å². The van der Waals surface area contributed by atoms with E-state index in [1.54, 1.807) is 0 Å². The maximum Gasteiger partial charge on any atom is 0.243 e. The van der Waals surface area contributed by atoms with Gasteiger partial charge in [-0.15, -0.1) is 0 Å². The van der Waals surface area contributed by atoms with Gasteiger partial charge in [-0.3, -0.25) is 10.3 Å². The van der Waals surface area contributed by atoms with Crippen LogP contribution in [0.4, 0.5) is 5.95 Å². The molecular formula is C12H24N6O2S. The number of nitrogen functional groups attached to an aromatic ring is 1. The molecular weight excluding hydrogens is 292 g/mol. The summed E-state index contributed by atoms with van der Waals surface area (Å²) in [5.74, 6) is 5.30. The number of sulfonamides is 1. The molecule has 21 heavy (non-hydrogen) atoms. The largest absolute Gasteiger partial charge is 0.297 e. The lowest BCUT2D eigenvalue weighted by Gasteiger charge is -2.30. The Kier molecular flexibility index (Phi) is 6.46. The van der Waals surface area contributed by atoms with Gasteiger partial charge in [0, 0.05) is 25.2 Å². The summed E-state index contributed by atoms with van der Waals surface area (Å²) in [6.07, 6.45) is 2.43. The quantitative estimate of drug-likeness (QED) is 0.462. The standard InChI is InChI=1S/C12H24N6O2S/c1-9(2)18(10(3)4)6-5-16-21(19,20)11-7-14-12(17-13)15-8-11/h7-10,16H,5-6,13H2,1-4H3,(H,14,15,17). The highest BCUT2D eigenvalue weighted by Gasteiger charge is 2.17. The van der Waals surface area contributed by atoms with E-state index in [4.69, 9.17) is 5.84 Å². The second kappa shape index (κ2) is 7.64. The maximum absolute atomic E-state index is 12.1. The number of aromatic nitrogens is 2.